The van der Waals surface area contributed by atoms with Gasteiger partial charge in [0.2, 0.25) is 0 Å². The van der Waals surface area contributed by atoms with Crippen LogP contribution in [0.2, 0.25) is 0 Å². The second-order valence-electron chi connectivity index (χ2n) is 7.21. The average molecular weight is 293 g/mol. The van der Waals surface area contributed by atoms with Gasteiger partial charge in [0.15, 0.2) is 0 Å². The maximum Gasteiger partial charge on any atom is 0.407 e. The van der Waals surface area contributed by atoms with Gasteiger partial charge >= 0.3 is 12.1 Å². The Bertz CT molecular complexity index is 485. The molecule has 21 heavy (non-hydrogen) atoms. The smallest absolute Gasteiger partial charge is 0.407 e. The van der Waals surface area contributed by atoms with Crippen molar-refractivity contribution in [3.8, 4) is 0 Å². The van der Waals surface area contributed by atoms with Gasteiger partial charge in [0.25, 0.3) is 0 Å². The summed E-state index contributed by atoms with van der Waals surface area (Å²) in [5, 5.41) is 3.03. The molecular weight excluding hydrogens is 270 g/mol. The fourth-order valence-electron chi connectivity index (χ4n) is 5.00. The minimum absolute atomic E-state index is 0.271. The van der Waals surface area contributed by atoms with Gasteiger partial charge in [0.1, 0.15) is 5.60 Å². The highest BCUT2D eigenvalue weighted by Gasteiger charge is 2.60. The molecule has 2 unspecified atom stereocenters. The monoisotopic (exact) mass is 293 g/mol. The van der Waals surface area contributed by atoms with Gasteiger partial charge in [0.05, 0.1) is 7.11 Å². The summed E-state index contributed by atoms with van der Waals surface area (Å²) in [5.41, 5.74) is -0.270. The normalized spacial score (nSPS) is 39.7. The summed E-state index contributed by atoms with van der Waals surface area (Å²) >= 11 is 0. The molecule has 5 nitrogen and oxygen atoms in total. The molecule has 2 atom stereocenters. The minimum Gasteiger partial charge on any atom is -0.456 e. The fourth-order valence-corrected chi connectivity index (χ4v) is 5.00. The number of alkyl carbamates (subject to hydrolysis) is 1. The van der Waals surface area contributed by atoms with E-state index in [1.54, 1.807) is 6.92 Å². The van der Waals surface area contributed by atoms with E-state index < -0.39 is 11.7 Å². The van der Waals surface area contributed by atoms with Crippen LogP contribution in [0.3, 0.4) is 0 Å². The number of hydrogen-bond acceptors (Lipinski definition) is 4. The number of rotatable bonds is 3. The zero-order valence-electron chi connectivity index (χ0n) is 12.7. The van der Waals surface area contributed by atoms with E-state index in [2.05, 4.69) is 11.9 Å². The Labute approximate surface area is 125 Å². The van der Waals surface area contributed by atoms with Gasteiger partial charge in [0, 0.05) is 17.5 Å². The molecule has 4 rings (SSSR count). The summed E-state index contributed by atoms with van der Waals surface area (Å²) in [6.45, 7) is 5.34. The molecule has 4 bridgehead atoms. The number of methoxy groups -OCH3 is 1. The van der Waals surface area contributed by atoms with E-state index in [4.69, 9.17) is 9.47 Å². The van der Waals surface area contributed by atoms with Gasteiger partial charge in [-0.2, -0.15) is 0 Å². The summed E-state index contributed by atoms with van der Waals surface area (Å²) in [7, 11) is 1.38. The first-order valence-corrected chi connectivity index (χ1v) is 7.60. The molecule has 0 aromatic carbocycles. The van der Waals surface area contributed by atoms with Crippen LogP contribution in [0.1, 0.15) is 45.4 Å². The minimum atomic E-state index is -0.429. The van der Waals surface area contributed by atoms with E-state index in [-0.39, 0.29) is 11.5 Å². The van der Waals surface area contributed by atoms with E-state index in [9.17, 15) is 9.59 Å². The summed E-state index contributed by atoms with van der Waals surface area (Å²) in [6, 6.07) is 0. The van der Waals surface area contributed by atoms with Crippen molar-refractivity contribution < 1.29 is 19.1 Å². The average Bonchev–Trinajstić information content (AvgIpc) is 2.35. The van der Waals surface area contributed by atoms with Crippen molar-refractivity contribution in [2.75, 3.05) is 7.11 Å². The summed E-state index contributed by atoms with van der Waals surface area (Å²) < 4.78 is 10.6. The van der Waals surface area contributed by atoms with Crippen LogP contribution in [-0.2, 0) is 14.3 Å². The molecule has 116 valence electrons. The molecule has 4 aliphatic carbocycles. The number of nitrogens with one attached hydrogen (secondary N) is 1. The van der Waals surface area contributed by atoms with Gasteiger partial charge in [-0.25, -0.2) is 9.59 Å². The molecule has 4 aliphatic rings. The largest absolute Gasteiger partial charge is 0.456 e. The zero-order valence-corrected chi connectivity index (χ0v) is 12.7. The highest BCUT2D eigenvalue weighted by molar-refractivity contribution is 5.87. The quantitative estimate of drug-likeness (QED) is 0.641. The van der Waals surface area contributed by atoms with Crippen LogP contribution in [0.5, 0.6) is 0 Å². The first kappa shape index (κ1) is 14.4. The lowest BCUT2D eigenvalue weighted by atomic mass is 9.51. The molecule has 4 saturated carbocycles. The third kappa shape index (κ3) is 2.54. The van der Waals surface area contributed by atoms with E-state index in [0.717, 1.165) is 25.7 Å². The summed E-state index contributed by atoms with van der Waals surface area (Å²) in [6.07, 6.45) is 5.23. The summed E-state index contributed by atoms with van der Waals surface area (Å²) in [5.74, 6) is 0.716. The molecular formula is C16H23NO4. The molecule has 0 saturated heterocycles. The molecule has 0 aliphatic heterocycles. The van der Waals surface area contributed by atoms with Crippen molar-refractivity contribution in [3.05, 3.63) is 12.2 Å². The molecule has 1 amide bonds. The first-order valence-electron chi connectivity index (χ1n) is 7.60. The molecule has 0 heterocycles. The van der Waals surface area contributed by atoms with Crippen molar-refractivity contribution in [1.29, 1.82) is 0 Å². The van der Waals surface area contributed by atoms with Crippen molar-refractivity contribution in [1.82, 2.24) is 5.32 Å². The zero-order chi connectivity index (χ0) is 15.3. The van der Waals surface area contributed by atoms with Crippen LogP contribution in [0.25, 0.3) is 0 Å². The van der Waals surface area contributed by atoms with E-state index in [0.29, 0.717) is 23.8 Å². The van der Waals surface area contributed by atoms with E-state index in [1.807, 2.05) is 0 Å². The van der Waals surface area contributed by atoms with Gasteiger partial charge in [-0.1, -0.05) is 6.58 Å². The van der Waals surface area contributed by atoms with Crippen molar-refractivity contribution in [3.63, 3.8) is 0 Å². The first-order chi connectivity index (χ1) is 9.85. The Kier molecular flexibility index (Phi) is 3.26. The van der Waals surface area contributed by atoms with Crippen LogP contribution in [0, 0.1) is 11.8 Å². The molecule has 1 N–H and O–H groups in total. The topological polar surface area (TPSA) is 64.6 Å². The highest BCUT2D eigenvalue weighted by Crippen LogP contribution is 2.59. The van der Waals surface area contributed by atoms with E-state index in [1.165, 1.54) is 13.5 Å². The van der Waals surface area contributed by atoms with Crippen molar-refractivity contribution in [2.45, 2.75) is 56.6 Å². The van der Waals surface area contributed by atoms with Gasteiger partial charge in [-0.05, 0) is 50.9 Å². The predicted molar refractivity (Wildman–Crippen MR) is 76.6 cm³/mol. The summed E-state index contributed by atoms with van der Waals surface area (Å²) in [4.78, 5) is 23.7. The molecule has 0 aromatic heterocycles. The van der Waals surface area contributed by atoms with E-state index >= 15 is 0 Å². The standard InChI is InChI=1S/C16H23NO4/c1-10(2)13(18)21-16-7-11-4-12(8-16)6-15(5-11,9-16)17-14(19)20-3/h11-12H,1,4-9H2,2-3H3,(H,17,19). The lowest BCUT2D eigenvalue weighted by molar-refractivity contribution is -0.187. The van der Waals surface area contributed by atoms with Crippen LogP contribution >= 0.6 is 0 Å². The predicted octanol–water partition coefficient (Wildman–Crippen LogP) is 2.55. The third-order valence-electron chi connectivity index (χ3n) is 5.22. The SMILES string of the molecule is C=C(C)C(=O)OC12CC3CC(CC(NC(=O)OC)(C3)C1)C2. The molecule has 0 spiro atoms. The molecule has 4 fully saturated rings. The molecule has 5 heteroatoms. The van der Waals surface area contributed by atoms with Crippen molar-refractivity contribution in [2.24, 2.45) is 11.8 Å². The maximum absolute atomic E-state index is 12.0. The van der Waals surface area contributed by atoms with Crippen LogP contribution in [0.4, 0.5) is 4.79 Å². The fraction of sp³-hybridized carbons (Fsp3) is 0.750. The Balaban J connectivity index is 1.82. The Morgan fingerprint density at radius 2 is 1.81 bits per heavy atom. The maximum atomic E-state index is 12.0. The lowest BCUT2D eigenvalue weighted by Gasteiger charge is -2.60. The van der Waals surface area contributed by atoms with Gasteiger partial charge in [-0.3, -0.25) is 0 Å². The highest BCUT2D eigenvalue weighted by atomic mass is 16.6. The number of hydrogen-bond donors (Lipinski definition) is 1. The number of ether oxygens (including phenoxy) is 2. The lowest BCUT2D eigenvalue weighted by Crippen LogP contribution is -2.66. The Morgan fingerprint density at radius 1 is 1.19 bits per heavy atom. The van der Waals surface area contributed by atoms with Crippen LogP contribution in [0.15, 0.2) is 12.2 Å². The molecule has 0 radical (unpaired) electrons. The van der Waals surface area contributed by atoms with Gasteiger partial charge < -0.3 is 14.8 Å². The van der Waals surface area contributed by atoms with Gasteiger partial charge in [-0.15, -0.1) is 0 Å². The van der Waals surface area contributed by atoms with Crippen molar-refractivity contribution >= 4 is 12.1 Å². The Morgan fingerprint density at radius 3 is 2.33 bits per heavy atom. The number of amides is 1. The van der Waals surface area contributed by atoms with Crippen LogP contribution in [-0.4, -0.2) is 30.3 Å². The Hall–Kier alpha value is -1.52. The number of carbonyl (C=O) groups excluding carboxylic acids is 2. The number of carbonyl (C=O) groups is 2. The third-order valence-corrected chi connectivity index (χ3v) is 5.22. The molecule has 0 aromatic rings. The second kappa shape index (κ2) is 4.75. The van der Waals surface area contributed by atoms with Crippen LogP contribution < -0.4 is 5.32 Å². The second-order valence-corrected chi connectivity index (χ2v) is 7.21. The number of esters is 1.